The van der Waals surface area contributed by atoms with Crippen LogP contribution in [-0.2, 0) is 20.4 Å². The van der Waals surface area contributed by atoms with Gasteiger partial charge in [-0.15, -0.1) is 0 Å². The molecule has 88 valence electrons. The molecule has 0 aromatic rings. The van der Waals surface area contributed by atoms with Gasteiger partial charge < -0.3 is 0 Å². The molecule has 3 heteroatoms. The van der Waals surface area contributed by atoms with E-state index in [1.165, 1.54) is 19.3 Å². The van der Waals surface area contributed by atoms with Gasteiger partial charge in [0.15, 0.2) is 0 Å². The van der Waals surface area contributed by atoms with Gasteiger partial charge in [-0.05, 0) is 0 Å². The van der Waals surface area contributed by atoms with E-state index < -0.39 is 8.32 Å². The Hall–Kier alpha value is 0.436. The van der Waals surface area contributed by atoms with Crippen molar-refractivity contribution in [1.29, 1.82) is 0 Å². The third-order valence-electron chi connectivity index (χ3n) is 1.87. The quantitative estimate of drug-likeness (QED) is 0.500. The summed E-state index contributed by atoms with van der Waals surface area (Å²) in [5.41, 5.74) is 0. The summed E-state index contributed by atoms with van der Waals surface area (Å²) in [6.07, 6.45) is 7.16. The minimum atomic E-state index is -1.42. The fourth-order valence-electron chi connectivity index (χ4n) is 1.31. The van der Waals surface area contributed by atoms with Gasteiger partial charge in [-0.25, -0.2) is 0 Å². The zero-order valence-corrected chi connectivity index (χ0v) is 11.7. The molecule has 0 aliphatic carbocycles. The molecular weight excluding hydrogens is 240 g/mol. The maximum absolute atomic E-state index is 6.01. The monoisotopic (exact) mass is 262 g/mol. The molecule has 0 heterocycles. The molecule has 0 aliphatic heterocycles. The molecule has 0 amide bonds. The van der Waals surface area contributed by atoms with E-state index in [1.54, 1.807) is 4.97 Å². The Bertz CT molecular complexity index is 163. The molecule has 0 aliphatic rings. The number of hydrogen-bond acceptors (Lipinski definition) is 1. The van der Waals surface area contributed by atoms with Gasteiger partial charge in [0.05, 0.1) is 0 Å². The first kappa shape index (κ1) is 14.4. The van der Waals surface area contributed by atoms with Crippen LogP contribution in [0.4, 0.5) is 0 Å². The molecule has 0 bridgehead atoms. The Labute approximate surface area is 98.3 Å². The first-order valence-electron chi connectivity index (χ1n) is 5.40. The van der Waals surface area contributed by atoms with Crippen molar-refractivity contribution < 1.29 is 20.4 Å². The van der Waals surface area contributed by atoms with Gasteiger partial charge >= 0.3 is 98.2 Å². The van der Waals surface area contributed by atoms with Crippen LogP contribution in [0.3, 0.4) is 0 Å². The molecule has 1 nitrogen and oxygen atoms in total. The number of rotatable bonds is 7. The predicted octanol–water partition coefficient (Wildman–Crippen LogP) is 3.85. The maximum atomic E-state index is 6.01. The van der Waals surface area contributed by atoms with Crippen LogP contribution >= 0.6 is 0 Å². The van der Waals surface area contributed by atoms with Crippen LogP contribution in [0.2, 0.25) is 19.6 Å². The van der Waals surface area contributed by atoms with E-state index >= 15 is 0 Å². The van der Waals surface area contributed by atoms with E-state index in [0.717, 1.165) is 6.42 Å². The van der Waals surface area contributed by atoms with Gasteiger partial charge in [-0.1, -0.05) is 0 Å². The normalized spacial score (nSPS) is 15.0. The summed E-state index contributed by atoms with van der Waals surface area (Å²) in [6.45, 7) is 8.87. The van der Waals surface area contributed by atoms with Gasteiger partial charge in [0.1, 0.15) is 0 Å². The fourth-order valence-corrected chi connectivity index (χ4v) is 2.62. The van der Waals surface area contributed by atoms with Crippen molar-refractivity contribution in [2.75, 3.05) is 0 Å². The van der Waals surface area contributed by atoms with Gasteiger partial charge in [0.2, 0.25) is 0 Å². The van der Waals surface area contributed by atoms with Gasteiger partial charge in [-0.3, -0.25) is 0 Å². The second-order valence-electron chi connectivity index (χ2n) is 4.56. The summed E-state index contributed by atoms with van der Waals surface area (Å²) in [7, 11) is -1.42. The van der Waals surface area contributed by atoms with Crippen LogP contribution in [0.15, 0.2) is 11.1 Å². The molecule has 0 radical (unpaired) electrons. The second kappa shape index (κ2) is 7.69. The molecule has 0 N–H and O–H groups in total. The van der Waals surface area contributed by atoms with Crippen molar-refractivity contribution in [3.63, 3.8) is 0 Å². The summed E-state index contributed by atoms with van der Waals surface area (Å²) in [5.74, 6) is 0. The average Bonchev–Trinajstić information content (AvgIpc) is 2.02. The molecule has 0 aromatic heterocycles. The second-order valence-corrected chi connectivity index (χ2v) is 9.33. The summed E-state index contributed by atoms with van der Waals surface area (Å²) in [5, 5.41) is 0. The summed E-state index contributed by atoms with van der Waals surface area (Å²) < 4.78 is 6.01. The minimum absolute atomic E-state index is 0.250. The van der Waals surface area contributed by atoms with E-state index in [1.807, 2.05) is 6.08 Å². The molecule has 14 heavy (non-hydrogen) atoms. The molecular formula is C11H23CuOSi. The van der Waals surface area contributed by atoms with E-state index in [4.69, 9.17) is 20.4 Å². The standard InChI is InChI=1S/C11H23OSi.Cu/c1-6-8-9-10-11(7-2)12-13(3,4)5;/h2,7,11H,6,8-10H2,1,3-5H3;. The van der Waals surface area contributed by atoms with Gasteiger partial charge in [0.25, 0.3) is 0 Å². The Balaban J connectivity index is 3.90. The first-order valence-corrected chi connectivity index (χ1v) is 9.35. The van der Waals surface area contributed by atoms with Crippen molar-refractivity contribution in [3.8, 4) is 0 Å². The van der Waals surface area contributed by atoms with Crippen molar-refractivity contribution >= 4 is 8.32 Å². The molecule has 0 spiro atoms. The molecule has 0 saturated heterocycles. The Morgan fingerprint density at radius 2 is 1.93 bits per heavy atom. The van der Waals surface area contributed by atoms with E-state index in [0.29, 0.717) is 0 Å². The van der Waals surface area contributed by atoms with Crippen LogP contribution in [0.25, 0.3) is 0 Å². The first-order chi connectivity index (χ1) is 6.49. The number of unbranched alkanes of at least 4 members (excludes halogenated alkanes) is 2. The Morgan fingerprint density at radius 1 is 1.29 bits per heavy atom. The van der Waals surface area contributed by atoms with Crippen molar-refractivity contribution in [2.45, 2.75) is 58.4 Å². The molecule has 0 aromatic carbocycles. The molecule has 0 saturated carbocycles. The van der Waals surface area contributed by atoms with Crippen molar-refractivity contribution in [3.05, 3.63) is 11.1 Å². The van der Waals surface area contributed by atoms with Crippen LogP contribution in [-0.4, -0.2) is 14.4 Å². The summed E-state index contributed by atoms with van der Waals surface area (Å²) in [4.78, 5) is 1.67. The molecule has 1 unspecified atom stereocenters. The SMILES string of the molecule is CCCCCC(/C=[CH]/[Cu])O[Si](C)(C)C. The zero-order valence-electron chi connectivity index (χ0n) is 9.77. The van der Waals surface area contributed by atoms with E-state index in [9.17, 15) is 0 Å². The van der Waals surface area contributed by atoms with Crippen LogP contribution in [0.5, 0.6) is 0 Å². The third-order valence-corrected chi connectivity index (χ3v) is 3.06. The van der Waals surface area contributed by atoms with Crippen LogP contribution < -0.4 is 0 Å². The van der Waals surface area contributed by atoms with Crippen molar-refractivity contribution in [2.24, 2.45) is 0 Å². The van der Waals surface area contributed by atoms with Gasteiger partial charge in [0, 0.05) is 0 Å². The fraction of sp³-hybridized carbons (Fsp3) is 0.818. The zero-order chi connectivity index (χ0) is 11.0. The van der Waals surface area contributed by atoms with Gasteiger partial charge in [-0.2, -0.15) is 0 Å². The molecule has 0 rings (SSSR count). The third kappa shape index (κ3) is 9.01. The van der Waals surface area contributed by atoms with E-state index in [2.05, 4.69) is 26.6 Å². The van der Waals surface area contributed by atoms with E-state index in [-0.39, 0.29) is 6.10 Å². The summed E-state index contributed by atoms with van der Waals surface area (Å²) >= 11 is 4.99. The topological polar surface area (TPSA) is 9.23 Å². The van der Waals surface area contributed by atoms with Crippen LogP contribution in [0.1, 0.15) is 32.6 Å². The molecule has 1 atom stereocenters. The number of hydrogen-bond donors (Lipinski definition) is 0. The van der Waals surface area contributed by atoms with Crippen molar-refractivity contribution in [1.82, 2.24) is 0 Å². The Kier molecular flexibility index (Phi) is 7.93. The predicted molar refractivity (Wildman–Crippen MR) is 61.5 cm³/mol. The summed E-state index contributed by atoms with van der Waals surface area (Å²) in [6, 6.07) is 0. The Morgan fingerprint density at radius 3 is 2.36 bits per heavy atom. The van der Waals surface area contributed by atoms with Crippen LogP contribution in [0, 0.1) is 0 Å². The average molecular weight is 263 g/mol. The molecule has 0 fully saturated rings.